The molecule has 116 valence electrons. The summed E-state index contributed by atoms with van der Waals surface area (Å²) >= 11 is 5.69. The van der Waals surface area contributed by atoms with Gasteiger partial charge in [-0.3, -0.25) is 4.79 Å². The van der Waals surface area contributed by atoms with Crippen LogP contribution in [0.5, 0.6) is 5.75 Å². The summed E-state index contributed by atoms with van der Waals surface area (Å²) in [6, 6.07) is 3.09. The molecule has 21 heavy (non-hydrogen) atoms. The van der Waals surface area contributed by atoms with Crippen LogP contribution in [0.15, 0.2) is 23.1 Å². The lowest BCUT2D eigenvalue weighted by Crippen LogP contribution is -2.52. The second-order valence-corrected chi connectivity index (χ2v) is 6.67. The van der Waals surface area contributed by atoms with Gasteiger partial charge in [0.05, 0.1) is 15.8 Å². The van der Waals surface area contributed by atoms with E-state index in [-0.39, 0.29) is 28.8 Å². The quantitative estimate of drug-likeness (QED) is 0.880. The van der Waals surface area contributed by atoms with Crippen LogP contribution < -0.4 is 4.74 Å². The van der Waals surface area contributed by atoms with Gasteiger partial charge in [-0.2, -0.15) is 13.1 Å². The molecule has 0 aromatic heterocycles. The molecule has 1 aromatic carbocycles. The molecule has 1 aliphatic heterocycles. The van der Waals surface area contributed by atoms with Gasteiger partial charge in [-0.05, 0) is 18.2 Å². The van der Waals surface area contributed by atoms with E-state index in [1.54, 1.807) is 0 Å². The SMILES string of the molecule is O=C(O)C1CN(S(=O)(=O)c2ccc(OC(F)F)c(Cl)c2)C1. The first-order valence-electron chi connectivity index (χ1n) is 5.69. The average Bonchev–Trinajstić information content (AvgIpc) is 2.28. The first kappa shape index (κ1) is 15.9. The molecular weight excluding hydrogens is 332 g/mol. The van der Waals surface area contributed by atoms with E-state index >= 15 is 0 Å². The maximum absolute atomic E-state index is 12.2. The summed E-state index contributed by atoms with van der Waals surface area (Å²) in [5.41, 5.74) is 0. The van der Waals surface area contributed by atoms with E-state index in [0.717, 1.165) is 22.5 Å². The van der Waals surface area contributed by atoms with Crippen LogP contribution in [0.4, 0.5) is 8.78 Å². The van der Waals surface area contributed by atoms with Crippen molar-refractivity contribution in [3.05, 3.63) is 23.2 Å². The number of sulfonamides is 1. The molecule has 2 rings (SSSR count). The average molecular weight is 342 g/mol. The van der Waals surface area contributed by atoms with Crippen LogP contribution >= 0.6 is 11.6 Å². The van der Waals surface area contributed by atoms with Gasteiger partial charge in [-0.1, -0.05) is 11.6 Å². The molecule has 0 unspecified atom stereocenters. The zero-order valence-corrected chi connectivity index (χ0v) is 11.9. The Balaban J connectivity index is 2.18. The molecular formula is C11H10ClF2NO5S. The van der Waals surface area contributed by atoms with E-state index in [0.29, 0.717) is 0 Å². The van der Waals surface area contributed by atoms with Crippen molar-refractivity contribution >= 4 is 27.6 Å². The predicted molar refractivity (Wildman–Crippen MR) is 68.0 cm³/mol. The molecule has 0 atom stereocenters. The molecule has 0 aliphatic carbocycles. The minimum Gasteiger partial charge on any atom is -0.481 e. The summed E-state index contributed by atoms with van der Waals surface area (Å²) in [5, 5.41) is 8.45. The summed E-state index contributed by atoms with van der Waals surface area (Å²) in [4.78, 5) is 10.5. The van der Waals surface area contributed by atoms with E-state index in [1.165, 1.54) is 0 Å². The molecule has 0 spiro atoms. The van der Waals surface area contributed by atoms with Crippen molar-refractivity contribution < 1.29 is 31.8 Å². The third kappa shape index (κ3) is 3.25. The minimum atomic E-state index is -3.89. The van der Waals surface area contributed by atoms with Crippen LogP contribution in [-0.2, 0) is 14.8 Å². The number of carboxylic acid groups (broad SMARTS) is 1. The molecule has 1 aliphatic rings. The summed E-state index contributed by atoms with van der Waals surface area (Å²) in [6.45, 7) is -3.34. The van der Waals surface area contributed by atoms with Crippen molar-refractivity contribution in [2.75, 3.05) is 13.1 Å². The highest BCUT2D eigenvalue weighted by atomic mass is 35.5. The first-order valence-corrected chi connectivity index (χ1v) is 7.51. The molecule has 1 heterocycles. The van der Waals surface area contributed by atoms with Crippen molar-refractivity contribution in [2.24, 2.45) is 5.92 Å². The largest absolute Gasteiger partial charge is 0.481 e. The van der Waals surface area contributed by atoms with Gasteiger partial charge in [-0.25, -0.2) is 8.42 Å². The highest BCUT2D eigenvalue weighted by Gasteiger charge is 2.40. The van der Waals surface area contributed by atoms with Gasteiger partial charge in [0.2, 0.25) is 10.0 Å². The first-order chi connectivity index (χ1) is 9.71. The molecule has 1 saturated heterocycles. The number of hydrogen-bond donors (Lipinski definition) is 1. The highest BCUT2D eigenvalue weighted by molar-refractivity contribution is 7.89. The maximum atomic E-state index is 12.2. The molecule has 1 fully saturated rings. The lowest BCUT2D eigenvalue weighted by molar-refractivity contribution is -0.145. The maximum Gasteiger partial charge on any atom is 0.387 e. The van der Waals surface area contributed by atoms with Crippen LogP contribution in [0.1, 0.15) is 0 Å². The van der Waals surface area contributed by atoms with Gasteiger partial charge in [0.25, 0.3) is 0 Å². The van der Waals surface area contributed by atoms with E-state index < -0.39 is 28.5 Å². The van der Waals surface area contributed by atoms with Crippen LogP contribution in [-0.4, -0.2) is 43.5 Å². The lowest BCUT2D eigenvalue weighted by atomic mass is 10.0. The van der Waals surface area contributed by atoms with Crippen molar-refractivity contribution in [1.82, 2.24) is 4.31 Å². The standard InChI is InChI=1S/C11H10ClF2NO5S/c12-8-3-7(1-2-9(8)20-11(13)14)21(18,19)15-4-6(5-15)10(16)17/h1-3,6,11H,4-5H2,(H,16,17). The number of aliphatic carboxylic acids is 1. The Kier molecular flexibility index (Phi) is 4.35. The predicted octanol–water partition coefficient (Wildman–Crippen LogP) is 1.65. The molecule has 0 saturated carbocycles. The monoisotopic (exact) mass is 341 g/mol. The summed E-state index contributed by atoms with van der Waals surface area (Å²) in [5.74, 6) is -2.14. The second kappa shape index (κ2) is 5.74. The van der Waals surface area contributed by atoms with E-state index in [9.17, 15) is 22.0 Å². The zero-order chi connectivity index (χ0) is 15.8. The number of hydrogen-bond acceptors (Lipinski definition) is 4. The summed E-state index contributed by atoms with van der Waals surface area (Å²) < 4.78 is 53.6. The zero-order valence-electron chi connectivity index (χ0n) is 10.4. The van der Waals surface area contributed by atoms with Gasteiger partial charge in [0, 0.05) is 13.1 Å². The van der Waals surface area contributed by atoms with Gasteiger partial charge >= 0.3 is 12.6 Å². The number of benzene rings is 1. The summed E-state index contributed by atoms with van der Waals surface area (Å²) in [6.07, 6.45) is 0. The molecule has 0 amide bonds. The van der Waals surface area contributed by atoms with Gasteiger partial charge in [0.15, 0.2) is 0 Å². The smallest absolute Gasteiger partial charge is 0.387 e. The number of ether oxygens (including phenoxy) is 1. The Labute approximate surface area is 123 Å². The fourth-order valence-electron chi connectivity index (χ4n) is 1.77. The van der Waals surface area contributed by atoms with Crippen molar-refractivity contribution in [3.8, 4) is 5.75 Å². The summed E-state index contributed by atoms with van der Waals surface area (Å²) in [7, 11) is -3.89. The number of nitrogens with zero attached hydrogens (tertiary/aromatic N) is 1. The van der Waals surface area contributed by atoms with E-state index in [1.807, 2.05) is 0 Å². The third-order valence-electron chi connectivity index (χ3n) is 2.95. The Bertz CT molecular complexity index is 661. The van der Waals surface area contributed by atoms with Crippen LogP contribution in [0.2, 0.25) is 5.02 Å². The Morgan fingerprint density at radius 1 is 1.43 bits per heavy atom. The molecule has 0 radical (unpaired) electrons. The Morgan fingerprint density at radius 3 is 2.52 bits per heavy atom. The number of halogens is 3. The highest BCUT2D eigenvalue weighted by Crippen LogP contribution is 2.31. The van der Waals surface area contributed by atoms with Crippen LogP contribution in [0.3, 0.4) is 0 Å². The normalized spacial score (nSPS) is 16.8. The van der Waals surface area contributed by atoms with E-state index in [4.69, 9.17) is 16.7 Å². The number of carboxylic acids is 1. The van der Waals surface area contributed by atoms with E-state index in [2.05, 4.69) is 4.74 Å². The van der Waals surface area contributed by atoms with Crippen molar-refractivity contribution in [2.45, 2.75) is 11.5 Å². The van der Waals surface area contributed by atoms with Crippen LogP contribution in [0, 0.1) is 5.92 Å². The second-order valence-electron chi connectivity index (χ2n) is 4.33. The fraction of sp³-hybridized carbons (Fsp3) is 0.364. The molecule has 0 bridgehead atoms. The minimum absolute atomic E-state index is 0.134. The topological polar surface area (TPSA) is 83.9 Å². The number of carbonyl (C=O) groups is 1. The Morgan fingerprint density at radius 2 is 2.05 bits per heavy atom. The molecule has 1 N–H and O–H groups in total. The van der Waals surface area contributed by atoms with Crippen molar-refractivity contribution in [1.29, 1.82) is 0 Å². The Hall–Kier alpha value is -1.45. The molecule has 10 heteroatoms. The lowest BCUT2D eigenvalue weighted by Gasteiger charge is -2.35. The number of rotatable bonds is 5. The molecule has 6 nitrogen and oxygen atoms in total. The van der Waals surface area contributed by atoms with Gasteiger partial charge < -0.3 is 9.84 Å². The third-order valence-corrected chi connectivity index (χ3v) is 5.08. The van der Waals surface area contributed by atoms with Crippen LogP contribution in [0.25, 0.3) is 0 Å². The van der Waals surface area contributed by atoms with Crippen molar-refractivity contribution in [3.63, 3.8) is 0 Å². The van der Waals surface area contributed by atoms with Gasteiger partial charge in [-0.15, -0.1) is 0 Å². The van der Waals surface area contributed by atoms with Gasteiger partial charge in [0.1, 0.15) is 5.75 Å². The fourth-order valence-corrected chi connectivity index (χ4v) is 3.62. The molecule has 1 aromatic rings. The number of alkyl halides is 2.